The maximum absolute atomic E-state index is 12.4. The number of carboxylic acids is 1. The molecule has 33 heavy (non-hydrogen) atoms. The Bertz CT molecular complexity index is 1230. The van der Waals surface area contributed by atoms with Crippen molar-refractivity contribution in [2.24, 2.45) is 0 Å². The minimum atomic E-state index is -0.980. The van der Waals surface area contributed by atoms with Gasteiger partial charge in [0.25, 0.3) is 0 Å². The standard InChI is InChI=1S/C26H23NO6/c28-21(17-27-13-12-19-16-20(26(29)30)6-11-25(19)27)18-33-24-9-7-23(8-10-24)32-15-14-31-22-4-2-1-3-5-22/h1-13,16H,14-15,17-18H2,(H,29,30). The summed E-state index contributed by atoms with van der Waals surface area (Å²) < 4.78 is 18.6. The lowest BCUT2D eigenvalue weighted by molar-refractivity contribution is -0.121. The number of para-hydroxylation sites is 1. The Kier molecular flexibility index (Phi) is 6.90. The Balaban J connectivity index is 1.22. The van der Waals surface area contributed by atoms with Crippen LogP contribution in [-0.4, -0.2) is 41.2 Å². The van der Waals surface area contributed by atoms with E-state index in [4.69, 9.17) is 19.3 Å². The molecule has 1 N–H and O–H groups in total. The molecule has 3 aromatic carbocycles. The summed E-state index contributed by atoms with van der Waals surface area (Å²) in [6.07, 6.45) is 1.77. The second-order valence-electron chi connectivity index (χ2n) is 7.33. The summed E-state index contributed by atoms with van der Waals surface area (Å²) in [6, 6.07) is 23.2. The summed E-state index contributed by atoms with van der Waals surface area (Å²) in [5.74, 6) is 0.969. The van der Waals surface area contributed by atoms with Crippen LogP contribution in [-0.2, 0) is 11.3 Å². The van der Waals surface area contributed by atoms with Crippen molar-refractivity contribution in [3.05, 3.63) is 90.6 Å². The molecule has 0 bridgehead atoms. The zero-order chi connectivity index (χ0) is 23.0. The average Bonchev–Trinajstić information content (AvgIpc) is 3.24. The molecular formula is C26H23NO6. The number of ether oxygens (including phenoxy) is 3. The van der Waals surface area contributed by atoms with Crippen LogP contribution in [0, 0.1) is 0 Å². The number of nitrogens with zero attached hydrogens (tertiary/aromatic N) is 1. The lowest BCUT2D eigenvalue weighted by Crippen LogP contribution is -2.17. The van der Waals surface area contributed by atoms with Gasteiger partial charge >= 0.3 is 5.97 Å². The zero-order valence-electron chi connectivity index (χ0n) is 17.8. The molecule has 0 fully saturated rings. The van der Waals surface area contributed by atoms with Gasteiger partial charge in [-0.25, -0.2) is 4.79 Å². The first-order valence-corrected chi connectivity index (χ1v) is 10.5. The predicted octanol–water partition coefficient (Wildman–Crippen LogP) is 4.45. The number of aromatic carboxylic acids is 1. The van der Waals surface area contributed by atoms with Gasteiger partial charge in [0, 0.05) is 17.1 Å². The van der Waals surface area contributed by atoms with Gasteiger partial charge in [-0.3, -0.25) is 4.79 Å². The normalized spacial score (nSPS) is 10.7. The number of carbonyl (C=O) groups is 2. The van der Waals surface area contributed by atoms with Crippen molar-refractivity contribution >= 4 is 22.7 Å². The third kappa shape index (κ3) is 5.92. The van der Waals surface area contributed by atoms with Crippen LogP contribution in [0.25, 0.3) is 10.9 Å². The molecule has 168 valence electrons. The fourth-order valence-corrected chi connectivity index (χ4v) is 3.34. The highest BCUT2D eigenvalue weighted by molar-refractivity contribution is 5.94. The van der Waals surface area contributed by atoms with E-state index in [1.807, 2.05) is 30.3 Å². The highest BCUT2D eigenvalue weighted by atomic mass is 16.5. The van der Waals surface area contributed by atoms with Crippen LogP contribution in [0.3, 0.4) is 0 Å². The van der Waals surface area contributed by atoms with Crippen molar-refractivity contribution in [2.45, 2.75) is 6.54 Å². The maximum Gasteiger partial charge on any atom is 0.335 e. The monoisotopic (exact) mass is 445 g/mol. The maximum atomic E-state index is 12.4. The molecule has 0 atom stereocenters. The van der Waals surface area contributed by atoms with Gasteiger partial charge < -0.3 is 23.9 Å². The van der Waals surface area contributed by atoms with Crippen LogP contribution in [0.4, 0.5) is 0 Å². The lowest BCUT2D eigenvalue weighted by Gasteiger charge is -2.10. The summed E-state index contributed by atoms with van der Waals surface area (Å²) in [6.45, 7) is 0.908. The molecule has 7 heteroatoms. The molecule has 1 heterocycles. The van der Waals surface area contributed by atoms with E-state index in [-0.39, 0.29) is 24.5 Å². The molecule has 0 aliphatic heterocycles. The van der Waals surface area contributed by atoms with Gasteiger partial charge in [-0.05, 0) is 60.7 Å². The van der Waals surface area contributed by atoms with E-state index in [0.717, 1.165) is 16.7 Å². The largest absolute Gasteiger partial charge is 0.490 e. The zero-order valence-corrected chi connectivity index (χ0v) is 17.8. The van der Waals surface area contributed by atoms with Crippen LogP contribution in [0.1, 0.15) is 10.4 Å². The van der Waals surface area contributed by atoms with E-state index in [2.05, 4.69) is 0 Å². The lowest BCUT2D eigenvalue weighted by atomic mass is 10.1. The van der Waals surface area contributed by atoms with Gasteiger partial charge in [0.2, 0.25) is 0 Å². The highest BCUT2D eigenvalue weighted by Gasteiger charge is 2.10. The van der Waals surface area contributed by atoms with Gasteiger partial charge in [-0.15, -0.1) is 0 Å². The molecule has 4 aromatic rings. The molecule has 0 radical (unpaired) electrons. The number of hydrogen-bond acceptors (Lipinski definition) is 5. The van der Waals surface area contributed by atoms with Gasteiger partial charge in [-0.1, -0.05) is 18.2 Å². The number of ketones is 1. The fourth-order valence-electron chi connectivity index (χ4n) is 3.34. The molecule has 0 saturated carbocycles. The SMILES string of the molecule is O=C(COc1ccc(OCCOc2ccccc2)cc1)Cn1ccc2cc(C(=O)O)ccc21. The van der Waals surface area contributed by atoms with Crippen LogP contribution < -0.4 is 14.2 Å². The van der Waals surface area contributed by atoms with E-state index in [0.29, 0.717) is 24.7 Å². The number of benzene rings is 3. The van der Waals surface area contributed by atoms with Crippen molar-refractivity contribution in [1.29, 1.82) is 0 Å². The minimum Gasteiger partial charge on any atom is -0.490 e. The second kappa shape index (κ2) is 10.4. The average molecular weight is 445 g/mol. The smallest absolute Gasteiger partial charge is 0.335 e. The molecule has 0 saturated heterocycles. The van der Waals surface area contributed by atoms with Crippen LogP contribution in [0.5, 0.6) is 17.2 Å². The number of aromatic nitrogens is 1. The fraction of sp³-hybridized carbons (Fsp3) is 0.154. The number of Topliss-reactive ketones (excluding diaryl/α,β-unsaturated/α-hetero) is 1. The Morgan fingerprint density at radius 1 is 0.758 bits per heavy atom. The second-order valence-corrected chi connectivity index (χ2v) is 7.33. The summed E-state index contributed by atoms with van der Waals surface area (Å²) in [5, 5.41) is 9.87. The summed E-state index contributed by atoms with van der Waals surface area (Å²) in [7, 11) is 0. The van der Waals surface area contributed by atoms with E-state index in [9.17, 15) is 9.59 Å². The molecular weight excluding hydrogens is 422 g/mol. The van der Waals surface area contributed by atoms with Gasteiger partial charge in [0.1, 0.15) is 37.1 Å². The summed E-state index contributed by atoms with van der Waals surface area (Å²) in [5.41, 5.74) is 1.01. The van der Waals surface area contributed by atoms with Crippen LogP contribution >= 0.6 is 0 Å². The molecule has 0 unspecified atom stereocenters. The van der Waals surface area contributed by atoms with Crippen LogP contribution in [0.15, 0.2) is 85.1 Å². The highest BCUT2D eigenvalue weighted by Crippen LogP contribution is 2.19. The molecule has 0 amide bonds. The Labute approximate surface area is 190 Å². The number of fused-ring (bicyclic) bond motifs is 1. The van der Waals surface area contributed by atoms with Crippen molar-refractivity contribution in [1.82, 2.24) is 4.57 Å². The number of hydrogen-bond donors (Lipinski definition) is 1. The van der Waals surface area contributed by atoms with Gasteiger partial charge in [0.05, 0.1) is 12.1 Å². The molecule has 0 aliphatic rings. The van der Waals surface area contributed by atoms with Gasteiger partial charge in [0.15, 0.2) is 5.78 Å². The Hall–Kier alpha value is -4.26. The summed E-state index contributed by atoms with van der Waals surface area (Å²) >= 11 is 0. The first-order valence-electron chi connectivity index (χ1n) is 10.5. The molecule has 7 nitrogen and oxygen atoms in total. The number of carboxylic acid groups (broad SMARTS) is 1. The van der Waals surface area contributed by atoms with Crippen molar-refractivity contribution in [3.63, 3.8) is 0 Å². The summed E-state index contributed by atoms with van der Waals surface area (Å²) in [4.78, 5) is 23.5. The van der Waals surface area contributed by atoms with Gasteiger partial charge in [-0.2, -0.15) is 0 Å². The van der Waals surface area contributed by atoms with Crippen LogP contribution in [0.2, 0.25) is 0 Å². The predicted molar refractivity (Wildman–Crippen MR) is 123 cm³/mol. The third-order valence-corrected chi connectivity index (χ3v) is 4.95. The molecule has 1 aromatic heterocycles. The van der Waals surface area contributed by atoms with E-state index < -0.39 is 5.97 Å². The quantitative estimate of drug-likeness (QED) is 0.343. The van der Waals surface area contributed by atoms with E-state index in [1.54, 1.807) is 53.2 Å². The molecule has 0 spiro atoms. The van der Waals surface area contributed by atoms with Crippen molar-refractivity contribution < 1.29 is 28.9 Å². The first kappa shape index (κ1) is 22.0. The molecule has 4 rings (SSSR count). The van der Waals surface area contributed by atoms with E-state index >= 15 is 0 Å². The number of carbonyl (C=O) groups excluding carboxylic acids is 1. The van der Waals surface area contributed by atoms with E-state index in [1.165, 1.54) is 6.07 Å². The Morgan fingerprint density at radius 2 is 1.39 bits per heavy atom. The minimum absolute atomic E-state index is 0.0714. The first-order chi connectivity index (χ1) is 16.1. The Morgan fingerprint density at radius 3 is 2.06 bits per heavy atom. The third-order valence-electron chi connectivity index (χ3n) is 4.95. The number of rotatable bonds is 11. The van der Waals surface area contributed by atoms with Crippen molar-refractivity contribution in [3.8, 4) is 17.2 Å². The molecule has 0 aliphatic carbocycles. The topological polar surface area (TPSA) is 87.0 Å². The van der Waals surface area contributed by atoms with Crippen molar-refractivity contribution in [2.75, 3.05) is 19.8 Å².